The van der Waals surface area contributed by atoms with E-state index in [0.29, 0.717) is 0 Å². The maximum absolute atomic E-state index is 9.60. The van der Waals surface area contributed by atoms with Gasteiger partial charge in [0.2, 0.25) is 0 Å². The van der Waals surface area contributed by atoms with Gasteiger partial charge in [-0.25, -0.2) is 9.59 Å². The highest BCUT2D eigenvalue weighted by atomic mass is 16.4. The molecule has 2 N–H and O–H groups in total. The molecule has 0 aliphatic rings. The van der Waals surface area contributed by atoms with E-state index in [0.717, 1.165) is 0 Å². The van der Waals surface area contributed by atoms with Gasteiger partial charge in [0, 0.05) is 11.1 Å². The van der Waals surface area contributed by atoms with Gasteiger partial charge < -0.3 is 10.2 Å². The van der Waals surface area contributed by atoms with E-state index < -0.39 is 11.9 Å². The highest BCUT2D eigenvalue weighted by molar-refractivity contribution is 5.85. The number of aliphatic carboxylic acids is 2. The molecule has 0 aromatic heterocycles. The first-order chi connectivity index (χ1) is 7.20. The van der Waals surface area contributed by atoms with E-state index in [1.54, 1.807) is 0 Å². The molecule has 0 aromatic rings. The Labute approximate surface area is 96.3 Å². The van der Waals surface area contributed by atoms with E-state index in [2.05, 4.69) is 25.0 Å². The first kappa shape index (κ1) is 19.5. The zero-order valence-corrected chi connectivity index (χ0v) is 10.1. The van der Waals surface area contributed by atoms with Crippen LogP contribution in [-0.2, 0) is 9.59 Å². The summed E-state index contributed by atoms with van der Waals surface area (Å²) in [4.78, 5) is 19.2. The van der Waals surface area contributed by atoms with Crippen LogP contribution in [0.1, 0.15) is 27.7 Å². The summed E-state index contributed by atoms with van der Waals surface area (Å²) in [5.74, 6) is 3.49. The van der Waals surface area contributed by atoms with Gasteiger partial charge in [0.05, 0.1) is 0 Å². The summed E-state index contributed by atoms with van der Waals surface area (Å²) in [6, 6.07) is 0. The molecule has 0 saturated heterocycles. The van der Waals surface area contributed by atoms with Gasteiger partial charge in [-0.15, -0.1) is 11.8 Å². The molecule has 0 radical (unpaired) electrons. The SMILES string of the molecule is C=C(C)C(=O)O.C=C(C)C(=O)O.CC#CC. The second-order valence-electron chi connectivity index (χ2n) is 2.67. The Balaban J connectivity index is -0.000000162. The molecule has 16 heavy (non-hydrogen) atoms. The Bertz CT molecular complexity index is 262. The smallest absolute Gasteiger partial charge is 0.330 e. The van der Waals surface area contributed by atoms with Crippen molar-refractivity contribution in [3.8, 4) is 11.8 Å². The second kappa shape index (κ2) is 13.0. The first-order valence-electron chi connectivity index (χ1n) is 4.31. The first-order valence-corrected chi connectivity index (χ1v) is 4.31. The Morgan fingerprint density at radius 1 is 0.875 bits per heavy atom. The van der Waals surface area contributed by atoms with E-state index in [4.69, 9.17) is 10.2 Å². The lowest BCUT2D eigenvalue weighted by Gasteiger charge is -1.79. The van der Waals surface area contributed by atoms with E-state index in [1.807, 2.05) is 13.8 Å². The Morgan fingerprint density at radius 2 is 1.00 bits per heavy atom. The van der Waals surface area contributed by atoms with Gasteiger partial charge in [-0.1, -0.05) is 13.2 Å². The molecule has 0 fully saturated rings. The third-order valence-electron chi connectivity index (χ3n) is 0.980. The van der Waals surface area contributed by atoms with Crippen molar-refractivity contribution in [2.75, 3.05) is 0 Å². The molecule has 0 rings (SSSR count). The van der Waals surface area contributed by atoms with E-state index in [9.17, 15) is 9.59 Å². The van der Waals surface area contributed by atoms with Gasteiger partial charge in [0.15, 0.2) is 0 Å². The molecule has 0 saturated carbocycles. The minimum atomic E-state index is -0.935. The number of hydrogen-bond acceptors (Lipinski definition) is 2. The number of hydrogen-bond donors (Lipinski definition) is 2. The van der Waals surface area contributed by atoms with Crippen LogP contribution in [0.5, 0.6) is 0 Å². The molecule has 0 spiro atoms. The van der Waals surface area contributed by atoms with Crippen LogP contribution in [-0.4, -0.2) is 22.2 Å². The number of carbonyl (C=O) groups is 2. The topological polar surface area (TPSA) is 74.6 Å². The number of carboxylic acid groups (broad SMARTS) is 2. The molecule has 90 valence electrons. The van der Waals surface area contributed by atoms with Crippen molar-refractivity contribution in [1.29, 1.82) is 0 Å². The molecule has 0 amide bonds. The van der Waals surface area contributed by atoms with Crippen LogP contribution in [0, 0.1) is 11.8 Å². The van der Waals surface area contributed by atoms with Gasteiger partial charge in [-0.05, 0) is 27.7 Å². The fraction of sp³-hybridized carbons (Fsp3) is 0.333. The van der Waals surface area contributed by atoms with Crippen molar-refractivity contribution in [2.24, 2.45) is 0 Å². The standard InChI is InChI=1S/2C4H6O2.C4H6/c2*1-3(2)4(5)6;1-3-4-2/h2*1H2,2H3,(H,5,6);1-2H3. The molecule has 0 unspecified atom stereocenters. The van der Waals surface area contributed by atoms with Crippen LogP contribution in [0.15, 0.2) is 24.3 Å². The summed E-state index contributed by atoms with van der Waals surface area (Å²) in [6.45, 7) is 12.8. The molecule has 4 heteroatoms. The van der Waals surface area contributed by atoms with Crippen LogP contribution in [0.3, 0.4) is 0 Å². The van der Waals surface area contributed by atoms with Crippen LogP contribution in [0.25, 0.3) is 0 Å². The molecule has 0 aliphatic carbocycles. The maximum Gasteiger partial charge on any atom is 0.330 e. The lowest BCUT2D eigenvalue weighted by molar-refractivity contribution is -0.133. The van der Waals surface area contributed by atoms with Crippen LogP contribution >= 0.6 is 0 Å². The van der Waals surface area contributed by atoms with Crippen LogP contribution < -0.4 is 0 Å². The summed E-state index contributed by atoms with van der Waals surface area (Å²) in [7, 11) is 0. The van der Waals surface area contributed by atoms with E-state index in [1.165, 1.54) is 13.8 Å². The summed E-state index contributed by atoms with van der Waals surface area (Å²) < 4.78 is 0. The number of carboxylic acids is 2. The zero-order chi connectivity index (χ0) is 13.7. The highest BCUT2D eigenvalue weighted by Crippen LogP contribution is 1.81. The minimum Gasteiger partial charge on any atom is -0.478 e. The Morgan fingerprint density at radius 3 is 1.00 bits per heavy atom. The summed E-state index contributed by atoms with van der Waals surface area (Å²) in [5.41, 5.74) is 0.352. The molecule has 4 nitrogen and oxygen atoms in total. The molecule has 0 aromatic carbocycles. The predicted molar refractivity (Wildman–Crippen MR) is 64.0 cm³/mol. The van der Waals surface area contributed by atoms with Gasteiger partial charge in [0.1, 0.15) is 0 Å². The minimum absolute atomic E-state index is 0.176. The van der Waals surface area contributed by atoms with Gasteiger partial charge in [-0.2, -0.15) is 0 Å². The summed E-state index contributed by atoms with van der Waals surface area (Å²) >= 11 is 0. The quantitative estimate of drug-likeness (QED) is 0.559. The van der Waals surface area contributed by atoms with Crippen molar-refractivity contribution >= 4 is 11.9 Å². The lowest BCUT2D eigenvalue weighted by Crippen LogP contribution is -1.92. The largest absolute Gasteiger partial charge is 0.478 e. The fourth-order valence-electron chi connectivity index (χ4n) is 0. The van der Waals surface area contributed by atoms with Crippen LogP contribution in [0.4, 0.5) is 0 Å². The van der Waals surface area contributed by atoms with Crippen molar-refractivity contribution < 1.29 is 19.8 Å². The molecule has 0 atom stereocenters. The zero-order valence-electron chi connectivity index (χ0n) is 10.1. The molecule has 0 bridgehead atoms. The number of rotatable bonds is 2. The molecule has 0 aliphatic heterocycles. The lowest BCUT2D eigenvalue weighted by atomic mass is 10.4. The van der Waals surface area contributed by atoms with Crippen molar-refractivity contribution in [2.45, 2.75) is 27.7 Å². The Hall–Kier alpha value is -2.02. The molecular weight excluding hydrogens is 208 g/mol. The predicted octanol–water partition coefficient (Wildman–Crippen LogP) is 2.32. The molecular formula is C12H18O4. The van der Waals surface area contributed by atoms with Gasteiger partial charge in [0.25, 0.3) is 0 Å². The summed E-state index contributed by atoms with van der Waals surface area (Å²) in [5, 5.41) is 15.8. The highest BCUT2D eigenvalue weighted by Gasteiger charge is 1.90. The van der Waals surface area contributed by atoms with E-state index in [-0.39, 0.29) is 11.1 Å². The fourth-order valence-corrected chi connectivity index (χ4v) is 0. The maximum atomic E-state index is 9.60. The van der Waals surface area contributed by atoms with Crippen molar-refractivity contribution in [3.63, 3.8) is 0 Å². The summed E-state index contributed by atoms with van der Waals surface area (Å²) in [6.07, 6.45) is 0. The second-order valence-corrected chi connectivity index (χ2v) is 2.67. The van der Waals surface area contributed by atoms with Crippen LogP contribution in [0.2, 0.25) is 0 Å². The van der Waals surface area contributed by atoms with Gasteiger partial charge >= 0.3 is 11.9 Å². The van der Waals surface area contributed by atoms with Crippen molar-refractivity contribution in [1.82, 2.24) is 0 Å². The Kier molecular flexibility index (Phi) is 15.8. The molecule has 0 heterocycles. The average Bonchev–Trinajstić information content (AvgIpc) is 2.18. The van der Waals surface area contributed by atoms with E-state index >= 15 is 0 Å². The van der Waals surface area contributed by atoms with Crippen molar-refractivity contribution in [3.05, 3.63) is 24.3 Å². The monoisotopic (exact) mass is 226 g/mol. The normalized spacial score (nSPS) is 6.50. The average molecular weight is 226 g/mol. The third kappa shape index (κ3) is 29.6. The van der Waals surface area contributed by atoms with Gasteiger partial charge in [-0.3, -0.25) is 0 Å². The third-order valence-corrected chi connectivity index (χ3v) is 0.980.